The number of anilines is 1. The third kappa shape index (κ3) is 4.23. The van der Waals surface area contributed by atoms with Crippen LogP contribution >= 0.6 is 15.9 Å². The number of carbonyl (C=O) groups is 1. The van der Waals surface area contributed by atoms with Gasteiger partial charge >= 0.3 is 0 Å². The second-order valence-electron chi connectivity index (χ2n) is 4.60. The zero-order chi connectivity index (χ0) is 15.2. The number of nitrogens with one attached hydrogen (secondary N) is 1. The van der Waals surface area contributed by atoms with Crippen LogP contribution in [0.3, 0.4) is 0 Å². The van der Waals surface area contributed by atoms with Crippen molar-refractivity contribution in [3.8, 4) is 5.75 Å². The third-order valence-electron chi connectivity index (χ3n) is 3.09. The van der Waals surface area contributed by atoms with Gasteiger partial charge in [-0.05, 0) is 58.2 Å². The van der Waals surface area contributed by atoms with Crippen molar-refractivity contribution in [2.75, 3.05) is 19.4 Å². The minimum absolute atomic E-state index is 0.103. The van der Waals surface area contributed by atoms with Gasteiger partial charge < -0.3 is 15.8 Å². The first-order chi connectivity index (χ1) is 10.1. The molecule has 0 aliphatic heterocycles. The first-order valence-corrected chi connectivity index (χ1v) is 7.35. The lowest BCUT2D eigenvalue weighted by molar-refractivity contribution is 0.0954. The van der Waals surface area contributed by atoms with E-state index in [0.717, 1.165) is 22.1 Å². The van der Waals surface area contributed by atoms with E-state index in [-0.39, 0.29) is 5.91 Å². The van der Waals surface area contributed by atoms with Gasteiger partial charge in [-0.25, -0.2) is 0 Å². The number of benzene rings is 2. The van der Waals surface area contributed by atoms with Crippen molar-refractivity contribution in [1.29, 1.82) is 0 Å². The van der Waals surface area contributed by atoms with E-state index in [1.54, 1.807) is 25.3 Å². The molecule has 21 heavy (non-hydrogen) atoms. The van der Waals surface area contributed by atoms with Gasteiger partial charge in [0, 0.05) is 17.8 Å². The lowest BCUT2D eigenvalue weighted by Crippen LogP contribution is -2.25. The van der Waals surface area contributed by atoms with Gasteiger partial charge in [-0.3, -0.25) is 4.79 Å². The Kier molecular flexibility index (Phi) is 5.22. The average Bonchev–Trinajstić information content (AvgIpc) is 2.49. The van der Waals surface area contributed by atoms with Gasteiger partial charge in [0.1, 0.15) is 5.75 Å². The fourth-order valence-corrected chi connectivity index (χ4v) is 2.46. The smallest absolute Gasteiger partial charge is 0.251 e. The molecule has 0 heterocycles. The van der Waals surface area contributed by atoms with Crippen molar-refractivity contribution in [3.05, 3.63) is 58.1 Å². The number of halogens is 1. The Hall–Kier alpha value is -2.01. The lowest BCUT2D eigenvalue weighted by atomic mass is 10.1. The summed E-state index contributed by atoms with van der Waals surface area (Å²) in [7, 11) is 1.59. The van der Waals surface area contributed by atoms with Gasteiger partial charge in [0.15, 0.2) is 0 Å². The summed E-state index contributed by atoms with van der Waals surface area (Å²) in [6.45, 7) is 0.576. The summed E-state index contributed by atoms with van der Waals surface area (Å²) >= 11 is 3.37. The summed E-state index contributed by atoms with van der Waals surface area (Å²) in [6, 6.07) is 12.9. The molecule has 0 fully saturated rings. The Morgan fingerprint density at radius 3 is 2.57 bits per heavy atom. The van der Waals surface area contributed by atoms with Gasteiger partial charge in [-0.1, -0.05) is 12.1 Å². The molecule has 2 rings (SSSR count). The molecule has 0 atom stereocenters. The molecule has 0 saturated carbocycles. The molecule has 0 aliphatic carbocycles. The SMILES string of the molecule is COc1ccc(C(=O)NCCc2ccc(N)cc2)cc1Br. The molecule has 0 saturated heterocycles. The van der Waals surface area contributed by atoms with Crippen LogP contribution in [0, 0.1) is 0 Å². The standard InChI is InChI=1S/C16H17BrN2O2/c1-21-15-7-4-12(10-14(15)17)16(20)19-9-8-11-2-5-13(18)6-3-11/h2-7,10H,8-9,18H2,1H3,(H,19,20). The minimum Gasteiger partial charge on any atom is -0.496 e. The molecule has 0 spiro atoms. The van der Waals surface area contributed by atoms with Crippen LogP contribution in [0.1, 0.15) is 15.9 Å². The largest absolute Gasteiger partial charge is 0.496 e. The van der Waals surface area contributed by atoms with E-state index in [9.17, 15) is 4.79 Å². The number of hydrogen-bond acceptors (Lipinski definition) is 3. The number of nitrogen functional groups attached to an aromatic ring is 1. The number of hydrogen-bond donors (Lipinski definition) is 2. The molecule has 2 aromatic rings. The third-order valence-corrected chi connectivity index (χ3v) is 3.71. The van der Waals surface area contributed by atoms with Crippen molar-refractivity contribution in [2.45, 2.75) is 6.42 Å². The summed E-state index contributed by atoms with van der Waals surface area (Å²) in [6.07, 6.45) is 0.767. The molecule has 0 unspecified atom stereocenters. The van der Waals surface area contributed by atoms with Crippen molar-refractivity contribution in [1.82, 2.24) is 5.32 Å². The maximum Gasteiger partial charge on any atom is 0.251 e. The van der Waals surface area contributed by atoms with Crippen LogP contribution in [-0.2, 0) is 6.42 Å². The molecule has 4 nitrogen and oxygen atoms in total. The molecule has 0 bridgehead atoms. The Bertz CT molecular complexity index is 627. The van der Waals surface area contributed by atoms with Crippen LogP contribution in [-0.4, -0.2) is 19.6 Å². The van der Waals surface area contributed by atoms with Crippen LogP contribution in [0.4, 0.5) is 5.69 Å². The second-order valence-corrected chi connectivity index (χ2v) is 5.45. The summed E-state index contributed by atoms with van der Waals surface area (Å²) in [5.74, 6) is 0.599. The Morgan fingerprint density at radius 2 is 1.95 bits per heavy atom. The van der Waals surface area contributed by atoms with E-state index in [4.69, 9.17) is 10.5 Å². The zero-order valence-electron chi connectivity index (χ0n) is 11.7. The molecule has 0 radical (unpaired) electrons. The number of carbonyl (C=O) groups excluding carboxylic acids is 1. The number of amides is 1. The molecular formula is C16H17BrN2O2. The number of nitrogens with two attached hydrogens (primary N) is 1. The first-order valence-electron chi connectivity index (χ1n) is 6.56. The summed E-state index contributed by atoms with van der Waals surface area (Å²) in [5.41, 5.74) is 8.11. The van der Waals surface area contributed by atoms with Crippen molar-refractivity contribution in [3.63, 3.8) is 0 Å². The maximum absolute atomic E-state index is 12.0. The maximum atomic E-state index is 12.0. The highest BCUT2D eigenvalue weighted by atomic mass is 79.9. The van der Waals surface area contributed by atoms with E-state index >= 15 is 0 Å². The topological polar surface area (TPSA) is 64.3 Å². The van der Waals surface area contributed by atoms with E-state index in [1.807, 2.05) is 24.3 Å². The first kappa shape index (κ1) is 15.4. The van der Waals surface area contributed by atoms with E-state index in [1.165, 1.54) is 0 Å². The normalized spacial score (nSPS) is 10.2. The van der Waals surface area contributed by atoms with Gasteiger partial charge in [-0.15, -0.1) is 0 Å². The van der Waals surface area contributed by atoms with Crippen molar-refractivity contribution < 1.29 is 9.53 Å². The predicted octanol–water partition coefficient (Wildman–Crippen LogP) is 3.01. The highest BCUT2D eigenvalue weighted by Gasteiger charge is 2.08. The number of methoxy groups -OCH3 is 1. The fourth-order valence-electron chi connectivity index (χ4n) is 1.91. The quantitative estimate of drug-likeness (QED) is 0.816. The Labute approximate surface area is 132 Å². The summed E-state index contributed by atoms with van der Waals surface area (Å²) in [4.78, 5) is 12.0. The van der Waals surface area contributed by atoms with Gasteiger partial charge in [0.05, 0.1) is 11.6 Å². The average molecular weight is 349 g/mol. The van der Waals surface area contributed by atoms with Crippen LogP contribution in [0.25, 0.3) is 0 Å². The van der Waals surface area contributed by atoms with E-state index in [0.29, 0.717) is 17.9 Å². The zero-order valence-corrected chi connectivity index (χ0v) is 13.3. The monoisotopic (exact) mass is 348 g/mol. The molecule has 110 valence electrons. The van der Waals surface area contributed by atoms with Crippen LogP contribution < -0.4 is 15.8 Å². The highest BCUT2D eigenvalue weighted by Crippen LogP contribution is 2.25. The van der Waals surface area contributed by atoms with Crippen molar-refractivity contribution >= 4 is 27.5 Å². The molecule has 5 heteroatoms. The second kappa shape index (κ2) is 7.13. The highest BCUT2D eigenvalue weighted by molar-refractivity contribution is 9.10. The van der Waals surface area contributed by atoms with Gasteiger partial charge in [-0.2, -0.15) is 0 Å². The number of ether oxygens (including phenoxy) is 1. The molecule has 0 aliphatic rings. The molecule has 0 aromatic heterocycles. The summed E-state index contributed by atoms with van der Waals surface area (Å²) in [5, 5.41) is 2.89. The molecule has 1 amide bonds. The van der Waals surface area contributed by atoms with E-state index in [2.05, 4.69) is 21.2 Å². The molecule has 3 N–H and O–H groups in total. The van der Waals surface area contributed by atoms with Crippen LogP contribution in [0.2, 0.25) is 0 Å². The van der Waals surface area contributed by atoms with Crippen LogP contribution in [0.5, 0.6) is 5.75 Å². The number of rotatable bonds is 5. The van der Waals surface area contributed by atoms with Gasteiger partial charge in [0.2, 0.25) is 0 Å². The van der Waals surface area contributed by atoms with Crippen LogP contribution in [0.15, 0.2) is 46.9 Å². The van der Waals surface area contributed by atoms with Crippen molar-refractivity contribution in [2.24, 2.45) is 0 Å². The summed E-state index contributed by atoms with van der Waals surface area (Å²) < 4.78 is 5.90. The minimum atomic E-state index is -0.103. The van der Waals surface area contributed by atoms with E-state index < -0.39 is 0 Å². The van der Waals surface area contributed by atoms with Gasteiger partial charge in [0.25, 0.3) is 5.91 Å². The molecule has 2 aromatic carbocycles. The fraction of sp³-hybridized carbons (Fsp3) is 0.188. The Morgan fingerprint density at radius 1 is 1.24 bits per heavy atom. The lowest BCUT2D eigenvalue weighted by Gasteiger charge is -2.08. The predicted molar refractivity (Wildman–Crippen MR) is 87.6 cm³/mol. The molecular weight excluding hydrogens is 332 g/mol. The Balaban J connectivity index is 1.89.